The van der Waals surface area contributed by atoms with Crippen molar-refractivity contribution in [3.05, 3.63) is 65.5 Å². The number of hydrogen-bond donors (Lipinski definition) is 1. The highest BCUT2D eigenvalue weighted by atomic mass is 14.9. The molecule has 0 fully saturated rings. The van der Waals surface area contributed by atoms with E-state index >= 15 is 0 Å². The van der Waals surface area contributed by atoms with Gasteiger partial charge in [0.05, 0.1) is 0 Å². The van der Waals surface area contributed by atoms with Crippen LogP contribution in [-0.4, -0.2) is 17.6 Å². The molecule has 1 aromatic heterocycles. The highest BCUT2D eigenvalue weighted by Crippen LogP contribution is 2.10. The summed E-state index contributed by atoms with van der Waals surface area (Å²) < 4.78 is 0. The van der Waals surface area contributed by atoms with Gasteiger partial charge in [-0.05, 0) is 49.9 Å². The summed E-state index contributed by atoms with van der Waals surface area (Å²) >= 11 is 0. The third-order valence-corrected chi connectivity index (χ3v) is 3.60. The van der Waals surface area contributed by atoms with Gasteiger partial charge in [0.25, 0.3) is 0 Å². The minimum absolute atomic E-state index is 0.519. The summed E-state index contributed by atoms with van der Waals surface area (Å²) in [6.45, 7) is 5.31. The molecule has 0 saturated heterocycles. The fourth-order valence-corrected chi connectivity index (χ4v) is 2.46. The van der Waals surface area contributed by atoms with Crippen molar-refractivity contribution in [2.24, 2.45) is 0 Å². The molecule has 1 heterocycles. The van der Waals surface area contributed by atoms with Crippen LogP contribution in [0.4, 0.5) is 0 Å². The van der Waals surface area contributed by atoms with Gasteiger partial charge >= 0.3 is 0 Å². The van der Waals surface area contributed by atoms with Crippen molar-refractivity contribution in [3.8, 4) is 0 Å². The van der Waals surface area contributed by atoms with E-state index < -0.39 is 0 Å². The molecule has 0 radical (unpaired) electrons. The smallest absolute Gasteiger partial charge is 0.0300 e. The van der Waals surface area contributed by atoms with Crippen LogP contribution in [-0.2, 0) is 12.8 Å². The number of likely N-dealkylation sites (N-methyl/N-ethyl adjacent to an activating group) is 1. The van der Waals surface area contributed by atoms with Crippen molar-refractivity contribution in [1.29, 1.82) is 0 Å². The molecule has 2 rings (SSSR count). The molecular weight excluding hydrogens is 244 g/mol. The average Bonchev–Trinajstić information content (AvgIpc) is 2.48. The van der Waals surface area contributed by atoms with E-state index in [0.717, 1.165) is 25.8 Å². The van der Waals surface area contributed by atoms with Crippen LogP contribution in [0.25, 0.3) is 0 Å². The van der Waals surface area contributed by atoms with E-state index in [1.165, 1.54) is 16.7 Å². The zero-order valence-corrected chi connectivity index (χ0v) is 12.5. The molecule has 0 aliphatic carbocycles. The van der Waals surface area contributed by atoms with Gasteiger partial charge in [0.15, 0.2) is 0 Å². The highest BCUT2D eigenvalue weighted by molar-refractivity contribution is 5.21. The first-order chi connectivity index (χ1) is 9.78. The quantitative estimate of drug-likeness (QED) is 0.830. The summed E-state index contributed by atoms with van der Waals surface area (Å²) in [5, 5.41) is 3.58. The molecule has 1 unspecified atom stereocenters. The second-order valence-electron chi connectivity index (χ2n) is 5.34. The van der Waals surface area contributed by atoms with Crippen LogP contribution in [0.3, 0.4) is 0 Å². The lowest BCUT2D eigenvalue weighted by Gasteiger charge is -2.18. The molecule has 2 heteroatoms. The molecule has 0 aliphatic rings. The van der Waals surface area contributed by atoms with Crippen LogP contribution in [0.15, 0.2) is 48.8 Å². The number of aryl methyl sites for hydroxylation is 2. The third-order valence-electron chi connectivity index (χ3n) is 3.60. The van der Waals surface area contributed by atoms with Crippen molar-refractivity contribution < 1.29 is 0 Å². The van der Waals surface area contributed by atoms with E-state index in [9.17, 15) is 0 Å². The predicted molar refractivity (Wildman–Crippen MR) is 84.9 cm³/mol. The van der Waals surface area contributed by atoms with Crippen LogP contribution in [0, 0.1) is 6.92 Å². The predicted octanol–water partition coefficient (Wildman–Crippen LogP) is 3.54. The molecule has 20 heavy (non-hydrogen) atoms. The molecule has 0 bridgehead atoms. The van der Waals surface area contributed by atoms with Gasteiger partial charge in [0.1, 0.15) is 0 Å². The Labute approximate surface area is 122 Å². The van der Waals surface area contributed by atoms with Crippen molar-refractivity contribution in [1.82, 2.24) is 10.3 Å². The Morgan fingerprint density at radius 3 is 2.55 bits per heavy atom. The van der Waals surface area contributed by atoms with Gasteiger partial charge in [-0.2, -0.15) is 0 Å². The first-order valence-electron chi connectivity index (χ1n) is 7.45. The molecule has 0 spiro atoms. The van der Waals surface area contributed by atoms with E-state index in [1.54, 1.807) is 0 Å². The normalized spacial score (nSPS) is 12.3. The number of aromatic nitrogens is 1. The Balaban J connectivity index is 1.90. The van der Waals surface area contributed by atoms with Crippen molar-refractivity contribution in [2.45, 2.75) is 39.2 Å². The van der Waals surface area contributed by atoms with Crippen LogP contribution in [0.1, 0.15) is 30.0 Å². The third kappa shape index (κ3) is 4.78. The van der Waals surface area contributed by atoms with E-state index in [2.05, 4.69) is 54.5 Å². The molecule has 2 nitrogen and oxygen atoms in total. The largest absolute Gasteiger partial charge is 0.314 e. The van der Waals surface area contributed by atoms with Crippen molar-refractivity contribution in [2.75, 3.05) is 6.54 Å². The Morgan fingerprint density at radius 1 is 1.10 bits per heavy atom. The topological polar surface area (TPSA) is 24.9 Å². The molecule has 106 valence electrons. The van der Waals surface area contributed by atoms with Crippen LogP contribution < -0.4 is 5.32 Å². The Morgan fingerprint density at radius 2 is 1.90 bits per heavy atom. The van der Waals surface area contributed by atoms with Gasteiger partial charge in [-0.15, -0.1) is 0 Å². The fourth-order valence-electron chi connectivity index (χ4n) is 2.46. The minimum atomic E-state index is 0.519. The maximum absolute atomic E-state index is 4.20. The molecule has 1 atom stereocenters. The number of pyridine rings is 1. The summed E-state index contributed by atoms with van der Waals surface area (Å²) in [7, 11) is 0. The monoisotopic (exact) mass is 268 g/mol. The Bertz CT molecular complexity index is 491. The maximum Gasteiger partial charge on any atom is 0.0300 e. The first kappa shape index (κ1) is 14.7. The Kier molecular flexibility index (Phi) is 5.75. The summed E-state index contributed by atoms with van der Waals surface area (Å²) in [4.78, 5) is 4.20. The molecular formula is C18H24N2. The lowest BCUT2D eigenvalue weighted by molar-refractivity contribution is 0.490. The fraction of sp³-hybridized carbons (Fsp3) is 0.389. The van der Waals surface area contributed by atoms with Crippen molar-refractivity contribution in [3.63, 3.8) is 0 Å². The van der Waals surface area contributed by atoms with Gasteiger partial charge in [-0.1, -0.05) is 42.8 Å². The minimum Gasteiger partial charge on any atom is -0.314 e. The lowest BCUT2D eigenvalue weighted by Crippen LogP contribution is -2.31. The van der Waals surface area contributed by atoms with E-state index in [0.29, 0.717) is 6.04 Å². The maximum atomic E-state index is 4.20. The SMILES string of the molecule is CCNC(CCc1ccc(C)cc1)Cc1cccnc1. The van der Waals surface area contributed by atoms with Crippen LogP contribution in [0.2, 0.25) is 0 Å². The van der Waals surface area contributed by atoms with Crippen LogP contribution in [0.5, 0.6) is 0 Å². The number of hydrogen-bond acceptors (Lipinski definition) is 2. The second-order valence-corrected chi connectivity index (χ2v) is 5.34. The highest BCUT2D eigenvalue weighted by Gasteiger charge is 2.08. The standard InChI is InChI=1S/C18H24N2/c1-3-20-18(13-17-5-4-12-19-14-17)11-10-16-8-6-15(2)7-9-16/h4-9,12,14,18,20H,3,10-11,13H2,1-2H3. The second kappa shape index (κ2) is 7.81. The van der Waals surface area contributed by atoms with Gasteiger partial charge in [0, 0.05) is 18.4 Å². The summed E-state index contributed by atoms with van der Waals surface area (Å²) in [5.74, 6) is 0. The number of nitrogens with zero attached hydrogens (tertiary/aromatic N) is 1. The van der Waals surface area contributed by atoms with Crippen LogP contribution >= 0.6 is 0 Å². The molecule has 0 aliphatic heterocycles. The van der Waals surface area contributed by atoms with Gasteiger partial charge < -0.3 is 5.32 Å². The molecule has 1 aromatic carbocycles. The molecule has 1 N–H and O–H groups in total. The van der Waals surface area contributed by atoms with Gasteiger partial charge in [0.2, 0.25) is 0 Å². The molecule has 2 aromatic rings. The average molecular weight is 268 g/mol. The van der Waals surface area contributed by atoms with Crippen molar-refractivity contribution >= 4 is 0 Å². The lowest BCUT2D eigenvalue weighted by atomic mass is 9.99. The summed E-state index contributed by atoms with van der Waals surface area (Å²) in [6, 6.07) is 13.6. The Hall–Kier alpha value is -1.67. The van der Waals surface area contributed by atoms with Gasteiger partial charge in [-0.25, -0.2) is 0 Å². The van der Waals surface area contributed by atoms with Gasteiger partial charge in [-0.3, -0.25) is 4.98 Å². The number of nitrogens with one attached hydrogen (secondary N) is 1. The number of benzene rings is 1. The number of rotatable bonds is 7. The zero-order valence-electron chi connectivity index (χ0n) is 12.5. The summed E-state index contributed by atoms with van der Waals surface area (Å²) in [5.41, 5.74) is 4.05. The first-order valence-corrected chi connectivity index (χ1v) is 7.45. The summed E-state index contributed by atoms with van der Waals surface area (Å²) in [6.07, 6.45) is 7.13. The van der Waals surface area contributed by atoms with E-state index in [-0.39, 0.29) is 0 Å². The van der Waals surface area contributed by atoms with E-state index in [4.69, 9.17) is 0 Å². The molecule has 0 saturated carbocycles. The van der Waals surface area contributed by atoms with E-state index in [1.807, 2.05) is 18.5 Å². The molecule has 0 amide bonds. The zero-order chi connectivity index (χ0) is 14.2.